The number of aromatic nitrogens is 1. The molecule has 72 valence electrons. The first-order valence-electron chi connectivity index (χ1n) is 5.06. The number of rotatable bonds is 4. The van der Waals surface area contributed by atoms with Crippen LogP contribution < -0.4 is 5.32 Å². The van der Waals surface area contributed by atoms with Crippen molar-refractivity contribution >= 4 is 0 Å². The van der Waals surface area contributed by atoms with Gasteiger partial charge >= 0.3 is 0 Å². The van der Waals surface area contributed by atoms with Crippen molar-refractivity contribution in [2.75, 3.05) is 0 Å². The number of H-pyrrole nitrogens is 1. The first-order chi connectivity index (χ1) is 6.18. The van der Waals surface area contributed by atoms with E-state index in [4.69, 9.17) is 0 Å². The van der Waals surface area contributed by atoms with E-state index in [2.05, 4.69) is 30.2 Å². The first-order valence-corrected chi connectivity index (χ1v) is 5.06. The Kier molecular flexibility index (Phi) is 2.16. The third kappa shape index (κ3) is 2.13. The molecule has 1 heterocycles. The van der Waals surface area contributed by atoms with Crippen LogP contribution >= 0.6 is 0 Å². The third-order valence-corrected chi connectivity index (χ3v) is 2.99. The molecule has 2 heteroatoms. The van der Waals surface area contributed by atoms with E-state index in [-0.39, 0.29) is 0 Å². The molecule has 0 bridgehead atoms. The zero-order valence-electron chi connectivity index (χ0n) is 8.43. The van der Waals surface area contributed by atoms with Gasteiger partial charge in [-0.2, -0.15) is 0 Å². The van der Waals surface area contributed by atoms with Crippen molar-refractivity contribution in [3.05, 3.63) is 24.0 Å². The van der Waals surface area contributed by atoms with Crippen molar-refractivity contribution in [3.63, 3.8) is 0 Å². The van der Waals surface area contributed by atoms with Crippen molar-refractivity contribution in [1.82, 2.24) is 10.3 Å². The number of aromatic amines is 1. The Labute approximate surface area is 79.7 Å². The Balaban J connectivity index is 1.84. The summed E-state index contributed by atoms with van der Waals surface area (Å²) < 4.78 is 0. The molecule has 1 saturated carbocycles. The average molecular weight is 178 g/mol. The first kappa shape index (κ1) is 8.82. The van der Waals surface area contributed by atoms with Gasteiger partial charge < -0.3 is 10.3 Å². The van der Waals surface area contributed by atoms with Gasteiger partial charge in [-0.25, -0.2) is 0 Å². The van der Waals surface area contributed by atoms with Crippen molar-refractivity contribution < 1.29 is 0 Å². The largest absolute Gasteiger partial charge is 0.364 e. The van der Waals surface area contributed by atoms with E-state index >= 15 is 0 Å². The van der Waals surface area contributed by atoms with Crippen LogP contribution in [0.2, 0.25) is 0 Å². The van der Waals surface area contributed by atoms with E-state index in [9.17, 15) is 0 Å². The molecule has 1 aromatic rings. The van der Waals surface area contributed by atoms with Crippen LogP contribution in [-0.4, -0.2) is 10.5 Å². The van der Waals surface area contributed by atoms with Crippen LogP contribution in [0.15, 0.2) is 18.3 Å². The van der Waals surface area contributed by atoms with Crippen LogP contribution in [0, 0.1) is 5.92 Å². The Morgan fingerprint density at radius 2 is 2.31 bits per heavy atom. The molecule has 2 rings (SSSR count). The van der Waals surface area contributed by atoms with Gasteiger partial charge in [-0.05, 0) is 44.7 Å². The van der Waals surface area contributed by atoms with Crippen LogP contribution in [0.5, 0.6) is 0 Å². The SMILES string of the molecule is CC(C)(NCc1ccc[nH]1)C1CC1. The number of nitrogens with one attached hydrogen (secondary N) is 2. The summed E-state index contributed by atoms with van der Waals surface area (Å²) in [5.41, 5.74) is 1.58. The van der Waals surface area contributed by atoms with Crippen LogP contribution in [0.4, 0.5) is 0 Å². The summed E-state index contributed by atoms with van der Waals surface area (Å²) in [6.45, 7) is 5.55. The number of hydrogen-bond donors (Lipinski definition) is 2. The van der Waals surface area contributed by atoms with Gasteiger partial charge in [-0.15, -0.1) is 0 Å². The maximum Gasteiger partial charge on any atom is 0.0361 e. The lowest BCUT2D eigenvalue weighted by atomic mass is 9.99. The summed E-state index contributed by atoms with van der Waals surface area (Å²) in [6.07, 6.45) is 4.76. The van der Waals surface area contributed by atoms with Crippen molar-refractivity contribution in [3.8, 4) is 0 Å². The molecule has 0 aromatic carbocycles. The van der Waals surface area contributed by atoms with E-state index in [1.807, 2.05) is 12.3 Å². The Morgan fingerprint density at radius 1 is 1.54 bits per heavy atom. The average Bonchev–Trinajstić information content (AvgIpc) is 2.82. The quantitative estimate of drug-likeness (QED) is 0.727. The Morgan fingerprint density at radius 3 is 2.85 bits per heavy atom. The van der Waals surface area contributed by atoms with E-state index < -0.39 is 0 Å². The number of hydrogen-bond acceptors (Lipinski definition) is 1. The van der Waals surface area contributed by atoms with Crippen LogP contribution in [-0.2, 0) is 6.54 Å². The molecule has 0 spiro atoms. The van der Waals surface area contributed by atoms with Gasteiger partial charge in [0.15, 0.2) is 0 Å². The second-order valence-electron chi connectivity index (χ2n) is 4.54. The van der Waals surface area contributed by atoms with Gasteiger partial charge in [0.1, 0.15) is 0 Å². The molecule has 2 nitrogen and oxygen atoms in total. The smallest absolute Gasteiger partial charge is 0.0361 e. The summed E-state index contributed by atoms with van der Waals surface area (Å²) in [4.78, 5) is 3.21. The fourth-order valence-corrected chi connectivity index (χ4v) is 1.75. The second kappa shape index (κ2) is 3.18. The predicted octanol–water partition coefficient (Wildman–Crippen LogP) is 2.29. The zero-order chi connectivity index (χ0) is 9.31. The molecule has 1 aromatic heterocycles. The molecular formula is C11H18N2. The Bertz CT molecular complexity index is 258. The summed E-state index contributed by atoms with van der Waals surface area (Å²) in [5.74, 6) is 0.891. The van der Waals surface area contributed by atoms with Gasteiger partial charge in [0.05, 0.1) is 0 Å². The van der Waals surface area contributed by atoms with Gasteiger partial charge in [0, 0.05) is 24.0 Å². The van der Waals surface area contributed by atoms with Gasteiger partial charge in [-0.3, -0.25) is 0 Å². The molecular weight excluding hydrogens is 160 g/mol. The molecule has 0 unspecified atom stereocenters. The topological polar surface area (TPSA) is 27.8 Å². The molecule has 1 fully saturated rings. The summed E-state index contributed by atoms with van der Waals surface area (Å²) in [5, 5.41) is 3.59. The lowest BCUT2D eigenvalue weighted by Crippen LogP contribution is -2.40. The summed E-state index contributed by atoms with van der Waals surface area (Å²) >= 11 is 0. The molecule has 13 heavy (non-hydrogen) atoms. The van der Waals surface area contributed by atoms with Crippen molar-refractivity contribution in [2.24, 2.45) is 5.92 Å². The summed E-state index contributed by atoms with van der Waals surface area (Å²) in [7, 11) is 0. The zero-order valence-corrected chi connectivity index (χ0v) is 8.43. The molecule has 1 aliphatic rings. The highest BCUT2D eigenvalue weighted by molar-refractivity contribution is 5.04. The monoisotopic (exact) mass is 178 g/mol. The lowest BCUT2D eigenvalue weighted by molar-refractivity contribution is 0.338. The predicted molar refractivity (Wildman–Crippen MR) is 54.4 cm³/mol. The highest BCUT2D eigenvalue weighted by Crippen LogP contribution is 2.39. The van der Waals surface area contributed by atoms with Crippen LogP contribution in [0.25, 0.3) is 0 Å². The highest BCUT2D eigenvalue weighted by atomic mass is 15.0. The normalized spacial score (nSPS) is 17.7. The van der Waals surface area contributed by atoms with Gasteiger partial charge in [0.25, 0.3) is 0 Å². The standard InChI is InChI=1S/C11H18N2/c1-11(2,9-5-6-9)13-8-10-4-3-7-12-10/h3-4,7,9,12-13H,5-6,8H2,1-2H3. The molecule has 0 atom stereocenters. The molecule has 0 saturated heterocycles. The van der Waals surface area contributed by atoms with E-state index in [0.717, 1.165) is 12.5 Å². The second-order valence-corrected chi connectivity index (χ2v) is 4.54. The lowest BCUT2D eigenvalue weighted by Gasteiger charge is -2.25. The van der Waals surface area contributed by atoms with Crippen LogP contribution in [0.1, 0.15) is 32.4 Å². The van der Waals surface area contributed by atoms with E-state index in [0.29, 0.717) is 5.54 Å². The molecule has 0 amide bonds. The van der Waals surface area contributed by atoms with Crippen LogP contribution in [0.3, 0.4) is 0 Å². The minimum atomic E-state index is 0.311. The van der Waals surface area contributed by atoms with Gasteiger partial charge in [-0.1, -0.05) is 0 Å². The minimum absolute atomic E-state index is 0.311. The van der Waals surface area contributed by atoms with Gasteiger partial charge in [0.2, 0.25) is 0 Å². The molecule has 0 aliphatic heterocycles. The molecule has 1 aliphatic carbocycles. The Hall–Kier alpha value is -0.760. The maximum absolute atomic E-state index is 3.59. The minimum Gasteiger partial charge on any atom is -0.364 e. The van der Waals surface area contributed by atoms with Crippen molar-refractivity contribution in [2.45, 2.75) is 38.8 Å². The fourth-order valence-electron chi connectivity index (χ4n) is 1.75. The van der Waals surface area contributed by atoms with E-state index in [1.165, 1.54) is 18.5 Å². The van der Waals surface area contributed by atoms with E-state index in [1.54, 1.807) is 0 Å². The molecule has 0 radical (unpaired) electrons. The third-order valence-electron chi connectivity index (χ3n) is 2.99. The summed E-state index contributed by atoms with van der Waals surface area (Å²) in [6, 6.07) is 4.16. The maximum atomic E-state index is 3.59. The highest BCUT2D eigenvalue weighted by Gasteiger charge is 2.37. The fraction of sp³-hybridized carbons (Fsp3) is 0.636. The molecule has 2 N–H and O–H groups in total. The van der Waals surface area contributed by atoms with Crippen molar-refractivity contribution in [1.29, 1.82) is 0 Å².